The molecule has 3 heterocycles. The van der Waals surface area contributed by atoms with Crippen molar-refractivity contribution in [2.45, 2.75) is 13.3 Å². The second-order valence-electron chi connectivity index (χ2n) is 7.51. The van der Waals surface area contributed by atoms with E-state index in [-0.39, 0.29) is 29.9 Å². The van der Waals surface area contributed by atoms with Gasteiger partial charge in [-0.1, -0.05) is 6.07 Å². The summed E-state index contributed by atoms with van der Waals surface area (Å²) in [7, 11) is 0. The summed E-state index contributed by atoms with van der Waals surface area (Å²) in [6.45, 7) is 4.63. The van der Waals surface area contributed by atoms with E-state index in [0.29, 0.717) is 25.2 Å². The van der Waals surface area contributed by atoms with Crippen molar-refractivity contribution in [1.82, 2.24) is 9.88 Å². The predicted molar refractivity (Wildman–Crippen MR) is 110 cm³/mol. The third-order valence-electron chi connectivity index (χ3n) is 5.62. The average molecular weight is 392 g/mol. The number of benzene rings is 1. The van der Waals surface area contributed by atoms with Gasteiger partial charge in [-0.15, -0.1) is 0 Å². The van der Waals surface area contributed by atoms with E-state index in [1.54, 1.807) is 35.4 Å². The lowest BCUT2D eigenvalue weighted by atomic mass is 10.1. The summed E-state index contributed by atoms with van der Waals surface area (Å²) in [5.74, 6) is 0.585. The highest BCUT2D eigenvalue weighted by molar-refractivity contribution is 6.01. The van der Waals surface area contributed by atoms with E-state index in [0.717, 1.165) is 24.6 Å². The lowest BCUT2D eigenvalue weighted by molar-refractivity contribution is -0.136. The molecule has 29 heavy (non-hydrogen) atoms. The fourth-order valence-corrected chi connectivity index (χ4v) is 3.95. The molecule has 1 atom stereocenters. The van der Waals surface area contributed by atoms with Gasteiger partial charge in [-0.2, -0.15) is 0 Å². The summed E-state index contributed by atoms with van der Waals surface area (Å²) in [4.78, 5) is 47.0. The number of piperazine rings is 1. The maximum Gasteiger partial charge on any atom is 0.228 e. The van der Waals surface area contributed by atoms with Crippen molar-refractivity contribution in [3.63, 3.8) is 0 Å². The van der Waals surface area contributed by atoms with Gasteiger partial charge in [0, 0.05) is 56.6 Å². The molecule has 2 aliphatic heterocycles. The maximum absolute atomic E-state index is 13.0. The van der Waals surface area contributed by atoms with Gasteiger partial charge in [0.1, 0.15) is 5.82 Å². The Labute approximate surface area is 169 Å². The summed E-state index contributed by atoms with van der Waals surface area (Å²) in [5, 5.41) is 0. The minimum atomic E-state index is -0.323. The van der Waals surface area contributed by atoms with Crippen LogP contribution in [0.25, 0.3) is 0 Å². The summed E-state index contributed by atoms with van der Waals surface area (Å²) in [6.07, 6.45) is 2.00. The molecular weight excluding hydrogens is 368 g/mol. The summed E-state index contributed by atoms with van der Waals surface area (Å²) >= 11 is 0. The molecule has 4 rings (SSSR count). The van der Waals surface area contributed by atoms with Crippen LogP contribution < -0.4 is 9.80 Å². The molecule has 7 heteroatoms. The van der Waals surface area contributed by atoms with E-state index >= 15 is 0 Å². The predicted octanol–water partition coefficient (Wildman–Crippen LogP) is 1.99. The van der Waals surface area contributed by atoms with Gasteiger partial charge in [0.25, 0.3) is 0 Å². The van der Waals surface area contributed by atoms with Crippen LogP contribution in [0, 0.1) is 5.92 Å². The van der Waals surface area contributed by atoms with Crippen LogP contribution in [-0.2, 0) is 9.59 Å². The van der Waals surface area contributed by atoms with Gasteiger partial charge in [0.2, 0.25) is 11.8 Å². The second kappa shape index (κ2) is 8.03. The van der Waals surface area contributed by atoms with Crippen molar-refractivity contribution in [3.8, 4) is 0 Å². The summed E-state index contributed by atoms with van der Waals surface area (Å²) in [5.41, 5.74) is 1.34. The topological polar surface area (TPSA) is 73.8 Å². The van der Waals surface area contributed by atoms with Crippen molar-refractivity contribution in [1.29, 1.82) is 0 Å². The standard InChI is InChI=1S/C22H24N4O3/c1-16(27)17-5-7-19(8-6-17)26-15-18(14-21(26)28)22(29)25-12-10-24(11-13-25)20-4-2-3-9-23-20/h2-9,18H,10-15H2,1H3. The molecule has 0 bridgehead atoms. The second-order valence-corrected chi connectivity index (χ2v) is 7.51. The van der Waals surface area contributed by atoms with E-state index in [2.05, 4.69) is 9.88 Å². The highest BCUT2D eigenvalue weighted by Gasteiger charge is 2.38. The van der Waals surface area contributed by atoms with Gasteiger partial charge in [-0.25, -0.2) is 4.98 Å². The third kappa shape index (κ3) is 3.99. The molecule has 7 nitrogen and oxygen atoms in total. The van der Waals surface area contributed by atoms with Gasteiger partial charge in [-0.05, 0) is 43.3 Å². The van der Waals surface area contributed by atoms with Crippen LogP contribution >= 0.6 is 0 Å². The first-order valence-electron chi connectivity index (χ1n) is 9.89. The zero-order valence-electron chi connectivity index (χ0n) is 16.5. The molecule has 1 unspecified atom stereocenters. The van der Waals surface area contributed by atoms with E-state index in [1.165, 1.54) is 6.92 Å². The number of anilines is 2. The maximum atomic E-state index is 13.0. The molecule has 1 aromatic heterocycles. The number of aromatic nitrogens is 1. The molecule has 1 aromatic carbocycles. The number of rotatable bonds is 4. The van der Waals surface area contributed by atoms with Gasteiger partial charge < -0.3 is 14.7 Å². The molecule has 0 spiro atoms. The number of hydrogen-bond donors (Lipinski definition) is 0. The van der Waals surface area contributed by atoms with Crippen molar-refractivity contribution in [3.05, 3.63) is 54.2 Å². The van der Waals surface area contributed by atoms with Crippen molar-refractivity contribution >= 4 is 29.1 Å². The Morgan fingerprint density at radius 2 is 1.72 bits per heavy atom. The zero-order valence-corrected chi connectivity index (χ0v) is 16.5. The van der Waals surface area contributed by atoms with Crippen LogP contribution in [0.2, 0.25) is 0 Å². The first kappa shape index (κ1) is 19.1. The van der Waals surface area contributed by atoms with Crippen molar-refractivity contribution in [2.75, 3.05) is 42.5 Å². The highest BCUT2D eigenvalue weighted by atomic mass is 16.2. The molecule has 0 N–H and O–H groups in total. The molecule has 0 saturated carbocycles. The Balaban J connectivity index is 1.36. The molecular formula is C22H24N4O3. The summed E-state index contributed by atoms with van der Waals surface area (Å²) in [6, 6.07) is 12.8. The van der Waals surface area contributed by atoms with Crippen LogP contribution in [0.5, 0.6) is 0 Å². The smallest absolute Gasteiger partial charge is 0.228 e. The van der Waals surface area contributed by atoms with Gasteiger partial charge in [0.15, 0.2) is 5.78 Å². The Hall–Kier alpha value is -3.22. The van der Waals surface area contributed by atoms with Crippen LogP contribution in [0.4, 0.5) is 11.5 Å². The molecule has 2 saturated heterocycles. The fourth-order valence-electron chi connectivity index (χ4n) is 3.95. The first-order chi connectivity index (χ1) is 14.0. The fraction of sp³-hybridized carbons (Fsp3) is 0.364. The first-order valence-corrected chi connectivity index (χ1v) is 9.89. The highest BCUT2D eigenvalue weighted by Crippen LogP contribution is 2.27. The number of Topliss-reactive ketones (excluding diaryl/α,β-unsaturated/α-hetero) is 1. The molecule has 0 aliphatic carbocycles. The Kier molecular flexibility index (Phi) is 5.29. The van der Waals surface area contributed by atoms with E-state index in [9.17, 15) is 14.4 Å². The number of nitrogens with zero attached hydrogens (tertiary/aromatic N) is 4. The average Bonchev–Trinajstić information content (AvgIpc) is 3.15. The number of carbonyl (C=O) groups excluding carboxylic acids is 3. The van der Waals surface area contributed by atoms with Crippen molar-refractivity contribution < 1.29 is 14.4 Å². The van der Waals surface area contributed by atoms with E-state index in [1.807, 2.05) is 23.1 Å². The SMILES string of the molecule is CC(=O)c1ccc(N2CC(C(=O)N3CCN(c4ccccn4)CC3)CC2=O)cc1. The van der Waals surface area contributed by atoms with Crippen LogP contribution in [0.3, 0.4) is 0 Å². The van der Waals surface area contributed by atoms with E-state index in [4.69, 9.17) is 0 Å². The monoisotopic (exact) mass is 392 g/mol. The number of carbonyl (C=O) groups is 3. The Bertz CT molecular complexity index is 905. The van der Waals surface area contributed by atoms with Gasteiger partial charge in [-0.3, -0.25) is 14.4 Å². The van der Waals surface area contributed by atoms with E-state index < -0.39 is 0 Å². The Morgan fingerprint density at radius 3 is 2.34 bits per heavy atom. The number of ketones is 1. The minimum Gasteiger partial charge on any atom is -0.353 e. The van der Waals surface area contributed by atoms with Crippen LogP contribution in [-0.4, -0.2) is 60.2 Å². The third-order valence-corrected chi connectivity index (χ3v) is 5.62. The largest absolute Gasteiger partial charge is 0.353 e. The number of hydrogen-bond acceptors (Lipinski definition) is 5. The normalized spacial score (nSPS) is 19.6. The number of pyridine rings is 1. The summed E-state index contributed by atoms with van der Waals surface area (Å²) < 4.78 is 0. The Morgan fingerprint density at radius 1 is 1.00 bits per heavy atom. The van der Waals surface area contributed by atoms with Crippen LogP contribution in [0.1, 0.15) is 23.7 Å². The van der Waals surface area contributed by atoms with Crippen molar-refractivity contribution in [2.24, 2.45) is 5.92 Å². The quantitative estimate of drug-likeness (QED) is 0.744. The van der Waals surface area contributed by atoms with Gasteiger partial charge in [0.05, 0.1) is 5.92 Å². The molecule has 2 aliphatic rings. The number of amides is 2. The van der Waals surface area contributed by atoms with Crippen LogP contribution in [0.15, 0.2) is 48.7 Å². The molecule has 0 radical (unpaired) electrons. The molecule has 2 amide bonds. The molecule has 150 valence electrons. The van der Waals surface area contributed by atoms with Gasteiger partial charge >= 0.3 is 0 Å². The lowest BCUT2D eigenvalue weighted by Crippen LogP contribution is -2.51. The lowest BCUT2D eigenvalue weighted by Gasteiger charge is -2.36. The minimum absolute atomic E-state index is 0.0119. The molecule has 2 aromatic rings. The zero-order chi connectivity index (χ0) is 20.4. The molecule has 2 fully saturated rings.